The molecule has 162 valence electrons. The minimum atomic E-state index is -0.596. The third-order valence-electron chi connectivity index (χ3n) is 4.72. The Morgan fingerprint density at radius 1 is 0.594 bits per heavy atom. The molecule has 0 aliphatic rings. The zero-order chi connectivity index (χ0) is 23.1. The van der Waals surface area contributed by atoms with E-state index >= 15 is 0 Å². The van der Waals surface area contributed by atoms with Crippen LogP contribution in [0.15, 0.2) is 60.7 Å². The first-order chi connectivity index (χ1) is 15.4. The van der Waals surface area contributed by atoms with Gasteiger partial charge >= 0.3 is 11.9 Å². The molecule has 0 bridgehead atoms. The van der Waals surface area contributed by atoms with E-state index in [9.17, 15) is 19.8 Å². The second-order valence-electron chi connectivity index (χ2n) is 6.87. The van der Waals surface area contributed by atoms with Gasteiger partial charge in [0.2, 0.25) is 0 Å². The summed E-state index contributed by atoms with van der Waals surface area (Å²) < 4.78 is 9.34. The Kier molecular flexibility index (Phi) is 7.08. The lowest BCUT2D eigenvalue weighted by atomic mass is 10.1. The van der Waals surface area contributed by atoms with E-state index in [1.807, 2.05) is 48.6 Å². The number of aromatic hydroxyl groups is 2. The summed E-state index contributed by atoms with van der Waals surface area (Å²) in [5.74, 6) is -1.45. The fraction of sp³-hybridized carbons (Fsp3) is 0.0769. The van der Waals surface area contributed by atoms with Gasteiger partial charge in [-0.3, -0.25) is 0 Å². The van der Waals surface area contributed by atoms with E-state index in [1.54, 1.807) is 24.3 Å². The van der Waals surface area contributed by atoms with E-state index in [0.29, 0.717) is 0 Å². The van der Waals surface area contributed by atoms with Crippen LogP contribution in [0.25, 0.3) is 24.3 Å². The molecular formula is C26H22O6. The molecule has 3 rings (SSSR count). The van der Waals surface area contributed by atoms with Crippen LogP contribution in [0.1, 0.15) is 43.0 Å². The van der Waals surface area contributed by atoms with Gasteiger partial charge in [0, 0.05) is 0 Å². The van der Waals surface area contributed by atoms with Gasteiger partial charge in [0.1, 0.15) is 22.6 Å². The molecule has 0 atom stereocenters. The quantitative estimate of drug-likeness (QED) is 0.422. The molecule has 0 aromatic heterocycles. The average Bonchev–Trinajstić information content (AvgIpc) is 2.82. The van der Waals surface area contributed by atoms with Gasteiger partial charge in [-0.05, 0) is 46.5 Å². The van der Waals surface area contributed by atoms with E-state index < -0.39 is 11.9 Å². The van der Waals surface area contributed by atoms with E-state index in [4.69, 9.17) is 0 Å². The maximum atomic E-state index is 11.7. The lowest BCUT2D eigenvalue weighted by Gasteiger charge is -2.04. The molecule has 3 aromatic carbocycles. The van der Waals surface area contributed by atoms with Gasteiger partial charge < -0.3 is 19.7 Å². The third-order valence-corrected chi connectivity index (χ3v) is 4.72. The largest absolute Gasteiger partial charge is 0.507 e. The minimum absolute atomic E-state index is 0.111. The Labute approximate surface area is 185 Å². The summed E-state index contributed by atoms with van der Waals surface area (Å²) in [7, 11) is 2.53. The highest BCUT2D eigenvalue weighted by Crippen LogP contribution is 2.22. The number of phenolic OH excluding ortho intramolecular Hbond substituents is 2. The number of carbonyl (C=O) groups excluding carboxylic acids is 2. The van der Waals surface area contributed by atoms with Crippen molar-refractivity contribution in [3.63, 3.8) is 0 Å². The highest BCUT2D eigenvalue weighted by molar-refractivity contribution is 5.94. The molecule has 0 spiro atoms. The molecule has 2 N–H and O–H groups in total. The van der Waals surface area contributed by atoms with Crippen LogP contribution in [0.4, 0.5) is 0 Å². The molecule has 0 aliphatic heterocycles. The summed E-state index contributed by atoms with van der Waals surface area (Å²) in [6.07, 6.45) is 7.45. The van der Waals surface area contributed by atoms with Crippen LogP contribution in [0, 0.1) is 0 Å². The normalized spacial score (nSPS) is 11.1. The summed E-state index contributed by atoms with van der Waals surface area (Å²) in [6.45, 7) is 0. The summed E-state index contributed by atoms with van der Waals surface area (Å²) >= 11 is 0. The van der Waals surface area contributed by atoms with Crippen LogP contribution < -0.4 is 0 Å². The van der Waals surface area contributed by atoms with Crippen molar-refractivity contribution >= 4 is 36.2 Å². The second-order valence-corrected chi connectivity index (χ2v) is 6.87. The molecular weight excluding hydrogens is 408 g/mol. The van der Waals surface area contributed by atoms with Crippen molar-refractivity contribution < 1.29 is 29.3 Å². The Balaban J connectivity index is 1.72. The van der Waals surface area contributed by atoms with Gasteiger partial charge in [-0.25, -0.2) is 9.59 Å². The highest BCUT2D eigenvalue weighted by atomic mass is 16.5. The van der Waals surface area contributed by atoms with Crippen LogP contribution in [0.2, 0.25) is 0 Å². The first kappa shape index (κ1) is 22.4. The number of ether oxygens (including phenoxy) is 2. The van der Waals surface area contributed by atoms with Crippen LogP contribution in [-0.4, -0.2) is 36.4 Å². The van der Waals surface area contributed by atoms with E-state index in [1.165, 1.54) is 26.4 Å². The lowest BCUT2D eigenvalue weighted by Crippen LogP contribution is -2.01. The van der Waals surface area contributed by atoms with Crippen molar-refractivity contribution in [1.82, 2.24) is 0 Å². The monoisotopic (exact) mass is 430 g/mol. The molecule has 0 fully saturated rings. The molecule has 0 radical (unpaired) electrons. The Bertz CT molecular complexity index is 1090. The van der Waals surface area contributed by atoms with Gasteiger partial charge in [-0.15, -0.1) is 0 Å². The molecule has 6 nitrogen and oxygen atoms in total. The van der Waals surface area contributed by atoms with Crippen LogP contribution in [-0.2, 0) is 9.47 Å². The van der Waals surface area contributed by atoms with Gasteiger partial charge in [0.25, 0.3) is 0 Å². The van der Waals surface area contributed by atoms with Crippen LogP contribution >= 0.6 is 0 Å². The van der Waals surface area contributed by atoms with Crippen LogP contribution in [0.5, 0.6) is 11.5 Å². The Morgan fingerprint density at radius 3 is 1.25 bits per heavy atom. The fourth-order valence-corrected chi connectivity index (χ4v) is 2.96. The van der Waals surface area contributed by atoms with Gasteiger partial charge in [-0.1, -0.05) is 60.7 Å². The lowest BCUT2D eigenvalue weighted by molar-refractivity contribution is 0.0588. The molecule has 0 aliphatic carbocycles. The number of esters is 2. The first-order valence-electron chi connectivity index (χ1n) is 9.70. The summed E-state index contributed by atoms with van der Waals surface area (Å²) in [6, 6.07) is 17.2. The number of rotatable bonds is 6. The van der Waals surface area contributed by atoms with E-state index in [2.05, 4.69) is 9.47 Å². The Hall–Kier alpha value is -4.32. The predicted molar refractivity (Wildman–Crippen MR) is 123 cm³/mol. The number of phenols is 2. The number of hydrogen-bond acceptors (Lipinski definition) is 6. The summed E-state index contributed by atoms with van der Waals surface area (Å²) in [5, 5.41) is 19.6. The van der Waals surface area contributed by atoms with Crippen molar-refractivity contribution in [3.8, 4) is 11.5 Å². The molecule has 0 heterocycles. The molecule has 0 saturated carbocycles. The highest BCUT2D eigenvalue weighted by Gasteiger charge is 2.12. The van der Waals surface area contributed by atoms with Crippen molar-refractivity contribution in [2.45, 2.75) is 0 Å². The SMILES string of the molecule is COC(=O)c1cc(/C=C/c2ccc(/C=C/c3ccc(O)c(C(=O)OC)c3)cc2)ccc1O. The standard InChI is InChI=1S/C26H22O6/c1-31-25(29)21-15-19(11-13-23(21)27)9-7-17-3-5-18(6-4-17)8-10-20-12-14-24(28)22(16-20)26(30)32-2/h3-16,27-28H,1-2H3/b9-7+,10-8+. The number of benzene rings is 3. The molecule has 32 heavy (non-hydrogen) atoms. The Morgan fingerprint density at radius 2 is 0.906 bits per heavy atom. The molecule has 0 unspecified atom stereocenters. The van der Waals surface area contributed by atoms with E-state index in [0.717, 1.165) is 22.3 Å². The van der Waals surface area contributed by atoms with Gasteiger partial charge in [-0.2, -0.15) is 0 Å². The predicted octanol–water partition coefficient (Wildman–Crippen LogP) is 5.01. The smallest absolute Gasteiger partial charge is 0.341 e. The zero-order valence-corrected chi connectivity index (χ0v) is 17.6. The third kappa shape index (κ3) is 5.43. The molecule has 0 saturated heterocycles. The minimum Gasteiger partial charge on any atom is -0.507 e. The molecule has 0 amide bonds. The van der Waals surface area contributed by atoms with E-state index in [-0.39, 0.29) is 22.6 Å². The van der Waals surface area contributed by atoms with Crippen LogP contribution in [0.3, 0.4) is 0 Å². The van der Waals surface area contributed by atoms with Gasteiger partial charge in [0.05, 0.1) is 14.2 Å². The van der Waals surface area contributed by atoms with Gasteiger partial charge in [0.15, 0.2) is 0 Å². The summed E-state index contributed by atoms with van der Waals surface area (Å²) in [4.78, 5) is 23.4. The zero-order valence-electron chi connectivity index (χ0n) is 17.6. The number of methoxy groups -OCH3 is 2. The first-order valence-corrected chi connectivity index (χ1v) is 9.70. The second kappa shape index (κ2) is 10.1. The van der Waals surface area contributed by atoms with Crippen molar-refractivity contribution in [2.75, 3.05) is 14.2 Å². The fourth-order valence-electron chi connectivity index (χ4n) is 2.96. The molecule has 3 aromatic rings. The summed E-state index contributed by atoms with van der Waals surface area (Å²) in [5.41, 5.74) is 3.63. The maximum absolute atomic E-state index is 11.7. The molecule has 6 heteroatoms. The van der Waals surface area contributed by atoms with Crippen molar-refractivity contribution in [2.24, 2.45) is 0 Å². The number of carbonyl (C=O) groups is 2. The topological polar surface area (TPSA) is 93.1 Å². The maximum Gasteiger partial charge on any atom is 0.341 e. The van der Waals surface area contributed by atoms with Crippen molar-refractivity contribution in [1.29, 1.82) is 0 Å². The number of hydrogen-bond donors (Lipinski definition) is 2. The van der Waals surface area contributed by atoms with Crippen molar-refractivity contribution in [3.05, 3.63) is 94.0 Å². The average molecular weight is 430 g/mol.